The average Bonchev–Trinajstić information content (AvgIpc) is 2.41. The zero-order valence-electron chi connectivity index (χ0n) is 12.1. The van der Waals surface area contributed by atoms with E-state index in [9.17, 15) is 4.79 Å². The molecule has 0 atom stereocenters. The molecule has 0 unspecified atom stereocenters. The van der Waals surface area contributed by atoms with E-state index in [0.29, 0.717) is 16.3 Å². The second kappa shape index (κ2) is 8.05. The van der Waals surface area contributed by atoms with Crippen LogP contribution in [0.2, 0.25) is 5.02 Å². The summed E-state index contributed by atoms with van der Waals surface area (Å²) in [5.74, 6) is -0.788. The number of aliphatic carboxylic acids is 1. The van der Waals surface area contributed by atoms with Gasteiger partial charge < -0.3 is 16.6 Å². The zero-order chi connectivity index (χ0) is 16.7. The lowest BCUT2D eigenvalue weighted by molar-refractivity contribution is -0.136. The van der Waals surface area contributed by atoms with Gasteiger partial charge in [0.05, 0.1) is 6.42 Å². The van der Waals surface area contributed by atoms with Crippen LogP contribution in [0.15, 0.2) is 42.5 Å². The van der Waals surface area contributed by atoms with Gasteiger partial charge in [0, 0.05) is 16.3 Å². The zero-order valence-corrected chi connectivity index (χ0v) is 12.9. The Morgan fingerprint density at radius 1 is 1.27 bits per heavy atom. The fourth-order valence-corrected chi connectivity index (χ4v) is 1.84. The van der Waals surface area contributed by atoms with Crippen LogP contribution >= 0.6 is 11.6 Å². The number of rotatable bonds is 3. The SMILES string of the molecule is Cc1ccc(C(=N)N)cc1N.O=C(O)Cc1cccc(Cl)c1. The molecule has 0 aliphatic carbocycles. The maximum atomic E-state index is 10.2. The summed E-state index contributed by atoms with van der Waals surface area (Å²) in [6.45, 7) is 1.92. The third kappa shape index (κ3) is 5.85. The Labute approximate surface area is 134 Å². The number of carbonyl (C=O) groups is 1. The number of anilines is 1. The Morgan fingerprint density at radius 3 is 2.45 bits per heavy atom. The van der Waals surface area contributed by atoms with Crippen molar-refractivity contribution in [2.45, 2.75) is 13.3 Å². The Hall–Kier alpha value is -2.53. The third-order valence-electron chi connectivity index (χ3n) is 2.83. The number of hydrogen-bond donors (Lipinski definition) is 4. The maximum Gasteiger partial charge on any atom is 0.307 e. The third-order valence-corrected chi connectivity index (χ3v) is 3.07. The normalized spacial score (nSPS) is 9.55. The van der Waals surface area contributed by atoms with Crippen LogP contribution in [0, 0.1) is 12.3 Å². The summed E-state index contributed by atoms with van der Waals surface area (Å²) in [7, 11) is 0. The molecule has 2 aromatic carbocycles. The fourth-order valence-electron chi connectivity index (χ4n) is 1.63. The maximum absolute atomic E-state index is 10.2. The number of benzene rings is 2. The van der Waals surface area contributed by atoms with E-state index in [2.05, 4.69) is 0 Å². The van der Waals surface area contributed by atoms with E-state index < -0.39 is 5.97 Å². The van der Waals surface area contributed by atoms with Crippen LogP contribution < -0.4 is 11.5 Å². The molecule has 5 nitrogen and oxygen atoms in total. The van der Waals surface area contributed by atoms with E-state index in [1.165, 1.54) is 0 Å². The van der Waals surface area contributed by atoms with Crippen molar-refractivity contribution in [1.29, 1.82) is 5.41 Å². The molecule has 2 aromatic rings. The first-order chi connectivity index (χ1) is 10.3. The van der Waals surface area contributed by atoms with Crippen LogP contribution in [0.1, 0.15) is 16.7 Å². The van der Waals surface area contributed by atoms with Gasteiger partial charge in [-0.05, 0) is 36.2 Å². The molecule has 0 spiro atoms. The molecule has 0 bridgehead atoms. The van der Waals surface area contributed by atoms with Crippen LogP contribution in [-0.2, 0) is 11.2 Å². The lowest BCUT2D eigenvalue weighted by Crippen LogP contribution is -2.11. The van der Waals surface area contributed by atoms with Crippen molar-refractivity contribution in [3.05, 3.63) is 64.2 Å². The molecule has 0 aliphatic rings. The molecule has 0 radical (unpaired) electrons. The topological polar surface area (TPSA) is 113 Å². The minimum atomic E-state index is -0.840. The quantitative estimate of drug-likeness (QED) is 0.395. The summed E-state index contributed by atoms with van der Waals surface area (Å²) in [4.78, 5) is 10.2. The molecule has 0 saturated carbocycles. The lowest BCUT2D eigenvalue weighted by atomic mass is 10.1. The molecule has 116 valence electrons. The summed E-state index contributed by atoms with van der Waals surface area (Å²) in [6.07, 6.45) is 0.0283. The van der Waals surface area contributed by atoms with Crippen molar-refractivity contribution >= 4 is 29.1 Å². The Bertz CT molecular complexity index is 687. The number of hydrogen-bond acceptors (Lipinski definition) is 3. The van der Waals surface area contributed by atoms with Gasteiger partial charge in [0.1, 0.15) is 5.84 Å². The minimum Gasteiger partial charge on any atom is -0.481 e. The largest absolute Gasteiger partial charge is 0.481 e. The monoisotopic (exact) mass is 319 g/mol. The summed E-state index contributed by atoms with van der Waals surface area (Å²) in [6, 6.07) is 12.2. The van der Waals surface area contributed by atoms with E-state index in [0.717, 1.165) is 11.1 Å². The summed E-state index contributed by atoms with van der Waals surface area (Å²) < 4.78 is 0. The van der Waals surface area contributed by atoms with E-state index in [4.69, 9.17) is 33.6 Å². The van der Waals surface area contributed by atoms with E-state index in [1.54, 1.807) is 36.4 Å². The number of nitrogen functional groups attached to an aromatic ring is 2. The number of halogens is 1. The predicted octanol–water partition coefficient (Wildman–Crippen LogP) is 2.83. The molecule has 0 heterocycles. The lowest BCUT2D eigenvalue weighted by Gasteiger charge is -2.02. The van der Waals surface area contributed by atoms with Gasteiger partial charge in [0.15, 0.2) is 0 Å². The summed E-state index contributed by atoms with van der Waals surface area (Å²) >= 11 is 5.64. The van der Waals surface area contributed by atoms with Crippen LogP contribution in [0.25, 0.3) is 0 Å². The fraction of sp³-hybridized carbons (Fsp3) is 0.125. The molecule has 6 N–H and O–H groups in total. The first kappa shape index (κ1) is 17.5. The Morgan fingerprint density at radius 2 is 1.95 bits per heavy atom. The van der Waals surface area contributed by atoms with Gasteiger partial charge in [0.25, 0.3) is 0 Å². The number of amidine groups is 1. The van der Waals surface area contributed by atoms with Crippen LogP contribution in [0.3, 0.4) is 0 Å². The highest BCUT2D eigenvalue weighted by Crippen LogP contribution is 2.12. The smallest absolute Gasteiger partial charge is 0.307 e. The first-order valence-electron chi connectivity index (χ1n) is 6.46. The molecule has 6 heteroatoms. The summed E-state index contributed by atoms with van der Waals surface area (Å²) in [5, 5.41) is 16.1. The van der Waals surface area contributed by atoms with Crippen molar-refractivity contribution in [3.63, 3.8) is 0 Å². The molecule has 0 aliphatic heterocycles. The summed E-state index contributed by atoms with van der Waals surface area (Å²) in [5.41, 5.74) is 14.0. The van der Waals surface area contributed by atoms with Gasteiger partial charge in [0.2, 0.25) is 0 Å². The molecular formula is C16H18ClN3O2. The number of nitrogens with two attached hydrogens (primary N) is 2. The molecule has 0 aromatic heterocycles. The van der Waals surface area contributed by atoms with Crippen LogP contribution in [-0.4, -0.2) is 16.9 Å². The second-order valence-electron chi connectivity index (χ2n) is 4.69. The highest BCUT2D eigenvalue weighted by Gasteiger charge is 1.99. The van der Waals surface area contributed by atoms with Gasteiger partial charge in [-0.2, -0.15) is 0 Å². The van der Waals surface area contributed by atoms with Crippen LogP contribution in [0.4, 0.5) is 5.69 Å². The molecule has 0 saturated heterocycles. The van der Waals surface area contributed by atoms with Gasteiger partial charge in [-0.15, -0.1) is 0 Å². The number of aryl methyl sites for hydroxylation is 1. The predicted molar refractivity (Wildman–Crippen MR) is 89.4 cm³/mol. The molecule has 2 rings (SSSR count). The van der Waals surface area contributed by atoms with Crippen molar-refractivity contribution in [2.24, 2.45) is 5.73 Å². The minimum absolute atomic E-state index is 0.0283. The van der Waals surface area contributed by atoms with E-state index in [1.807, 2.05) is 13.0 Å². The van der Waals surface area contributed by atoms with E-state index >= 15 is 0 Å². The van der Waals surface area contributed by atoms with Crippen molar-refractivity contribution in [2.75, 3.05) is 5.73 Å². The highest BCUT2D eigenvalue weighted by molar-refractivity contribution is 6.30. The van der Waals surface area contributed by atoms with Gasteiger partial charge in [-0.3, -0.25) is 10.2 Å². The Kier molecular flexibility index (Phi) is 6.41. The van der Waals surface area contributed by atoms with Gasteiger partial charge in [-0.1, -0.05) is 35.9 Å². The van der Waals surface area contributed by atoms with Crippen molar-refractivity contribution in [1.82, 2.24) is 0 Å². The number of carboxylic acid groups (broad SMARTS) is 1. The average molecular weight is 320 g/mol. The molecule has 0 fully saturated rings. The second-order valence-corrected chi connectivity index (χ2v) is 5.12. The van der Waals surface area contributed by atoms with Gasteiger partial charge >= 0.3 is 5.97 Å². The number of nitrogens with one attached hydrogen (secondary N) is 1. The van der Waals surface area contributed by atoms with Crippen molar-refractivity contribution in [3.8, 4) is 0 Å². The highest BCUT2D eigenvalue weighted by atomic mass is 35.5. The Balaban J connectivity index is 0.000000220. The molecular weight excluding hydrogens is 302 g/mol. The first-order valence-corrected chi connectivity index (χ1v) is 6.84. The van der Waals surface area contributed by atoms with Gasteiger partial charge in [-0.25, -0.2) is 0 Å². The van der Waals surface area contributed by atoms with E-state index in [-0.39, 0.29) is 12.3 Å². The van der Waals surface area contributed by atoms with Crippen LogP contribution in [0.5, 0.6) is 0 Å². The standard InChI is InChI=1S/C8H7ClO2.C8H11N3/c9-7-3-1-2-6(4-7)5-8(10)11;1-5-2-3-6(8(10)11)4-7(5)9/h1-4H,5H2,(H,10,11);2-4H,9H2,1H3,(H3,10,11). The number of carboxylic acids is 1. The van der Waals surface area contributed by atoms with Crippen molar-refractivity contribution < 1.29 is 9.90 Å². The molecule has 22 heavy (non-hydrogen) atoms. The molecule has 0 amide bonds.